The summed E-state index contributed by atoms with van der Waals surface area (Å²) in [7, 11) is 1.74. The highest BCUT2D eigenvalue weighted by Gasteiger charge is 2.40. The summed E-state index contributed by atoms with van der Waals surface area (Å²) in [6.45, 7) is 3.89. The summed E-state index contributed by atoms with van der Waals surface area (Å²) in [5.41, 5.74) is 2.52. The molecule has 3 heteroatoms. The molecule has 0 bridgehead atoms. The first-order valence-electron chi connectivity index (χ1n) is 7.26. The van der Waals surface area contributed by atoms with Gasteiger partial charge in [-0.2, -0.15) is 0 Å². The van der Waals surface area contributed by atoms with E-state index >= 15 is 0 Å². The predicted octanol–water partition coefficient (Wildman–Crippen LogP) is 2.66. The highest BCUT2D eigenvalue weighted by molar-refractivity contribution is 5.36. The second-order valence-electron chi connectivity index (χ2n) is 5.76. The van der Waals surface area contributed by atoms with Crippen molar-refractivity contribution in [2.75, 3.05) is 13.7 Å². The summed E-state index contributed by atoms with van der Waals surface area (Å²) in [5.74, 6) is 1.78. The molecule has 0 amide bonds. The van der Waals surface area contributed by atoms with Crippen LogP contribution in [-0.4, -0.2) is 25.9 Å². The average Bonchev–Trinajstić information content (AvgIpc) is 3.15. The summed E-state index contributed by atoms with van der Waals surface area (Å²) in [5, 5.41) is 3.67. The van der Waals surface area contributed by atoms with E-state index in [-0.39, 0.29) is 0 Å². The molecule has 1 aliphatic heterocycles. The molecular weight excluding hydrogens is 238 g/mol. The molecule has 2 atom stereocenters. The van der Waals surface area contributed by atoms with Crippen LogP contribution in [0, 0.1) is 12.8 Å². The molecule has 0 radical (unpaired) electrons. The van der Waals surface area contributed by atoms with Crippen molar-refractivity contribution in [3.63, 3.8) is 0 Å². The van der Waals surface area contributed by atoms with Gasteiger partial charge in [0.05, 0.1) is 13.2 Å². The van der Waals surface area contributed by atoms with E-state index < -0.39 is 0 Å². The Hall–Kier alpha value is -1.06. The normalized spacial score (nSPS) is 26.6. The maximum absolute atomic E-state index is 5.86. The number of methoxy groups -OCH3 is 1. The van der Waals surface area contributed by atoms with Crippen LogP contribution in [0.2, 0.25) is 0 Å². The third-order valence-corrected chi connectivity index (χ3v) is 4.21. The van der Waals surface area contributed by atoms with Crippen molar-refractivity contribution in [1.29, 1.82) is 0 Å². The first kappa shape index (κ1) is 12.9. The summed E-state index contributed by atoms with van der Waals surface area (Å²) < 4.78 is 11.3. The molecule has 2 aliphatic rings. The molecule has 3 nitrogen and oxygen atoms in total. The molecule has 1 N–H and O–H groups in total. The topological polar surface area (TPSA) is 30.5 Å². The van der Waals surface area contributed by atoms with E-state index in [0.29, 0.717) is 12.1 Å². The third kappa shape index (κ3) is 2.93. The molecular formula is C16H23NO2. The van der Waals surface area contributed by atoms with E-state index in [1.165, 1.54) is 24.0 Å². The summed E-state index contributed by atoms with van der Waals surface area (Å²) in [6.07, 6.45) is 4.26. The van der Waals surface area contributed by atoms with E-state index in [2.05, 4.69) is 30.4 Å². The van der Waals surface area contributed by atoms with Gasteiger partial charge in [0.25, 0.3) is 0 Å². The molecule has 0 aromatic heterocycles. The van der Waals surface area contributed by atoms with E-state index in [9.17, 15) is 0 Å². The van der Waals surface area contributed by atoms with Crippen LogP contribution in [0.5, 0.6) is 5.75 Å². The summed E-state index contributed by atoms with van der Waals surface area (Å²) in [4.78, 5) is 0. The Kier molecular flexibility index (Phi) is 3.76. The van der Waals surface area contributed by atoms with Gasteiger partial charge < -0.3 is 14.8 Å². The van der Waals surface area contributed by atoms with Crippen molar-refractivity contribution < 1.29 is 9.47 Å². The van der Waals surface area contributed by atoms with Crippen LogP contribution in [0.25, 0.3) is 0 Å². The maximum Gasteiger partial charge on any atom is 0.123 e. The molecule has 0 spiro atoms. The van der Waals surface area contributed by atoms with E-state index in [1.54, 1.807) is 7.11 Å². The Balaban J connectivity index is 1.63. The lowest BCUT2D eigenvalue weighted by Crippen LogP contribution is -2.37. The Morgan fingerprint density at radius 1 is 1.32 bits per heavy atom. The number of hydrogen-bond acceptors (Lipinski definition) is 3. The Labute approximate surface area is 115 Å². The molecule has 1 aromatic carbocycles. The number of benzene rings is 1. The smallest absolute Gasteiger partial charge is 0.123 e. The first-order chi connectivity index (χ1) is 9.28. The lowest BCUT2D eigenvalue weighted by molar-refractivity contribution is 0.0808. The zero-order valence-electron chi connectivity index (χ0n) is 11.8. The quantitative estimate of drug-likeness (QED) is 0.884. The number of aryl methyl sites for hydroxylation is 1. The zero-order chi connectivity index (χ0) is 13.2. The molecule has 1 heterocycles. The van der Waals surface area contributed by atoms with E-state index in [1.807, 2.05) is 0 Å². The fraction of sp³-hybridized carbons (Fsp3) is 0.625. The summed E-state index contributed by atoms with van der Waals surface area (Å²) >= 11 is 0. The first-order valence-corrected chi connectivity index (χ1v) is 7.26. The van der Waals surface area contributed by atoms with Gasteiger partial charge in [-0.3, -0.25) is 0 Å². The van der Waals surface area contributed by atoms with Crippen LogP contribution >= 0.6 is 0 Å². The molecule has 1 aliphatic carbocycles. The number of hydrogen-bond donors (Lipinski definition) is 1. The minimum Gasteiger partial charge on any atom is -0.496 e. The SMILES string of the molecule is COc1ccc(C)cc1CNC1CCOC1C1CC1. The van der Waals surface area contributed by atoms with Crippen molar-refractivity contribution in [3.05, 3.63) is 29.3 Å². The highest BCUT2D eigenvalue weighted by Crippen LogP contribution is 2.38. The minimum atomic E-state index is 0.441. The van der Waals surface area contributed by atoms with Gasteiger partial charge in [0.15, 0.2) is 0 Å². The molecule has 2 fully saturated rings. The van der Waals surface area contributed by atoms with Gasteiger partial charge >= 0.3 is 0 Å². The molecule has 104 valence electrons. The molecule has 1 aromatic rings. The van der Waals surface area contributed by atoms with Gasteiger partial charge in [-0.05, 0) is 38.2 Å². The number of nitrogens with one attached hydrogen (secondary N) is 1. The van der Waals surface area contributed by atoms with Crippen LogP contribution in [0.3, 0.4) is 0 Å². The van der Waals surface area contributed by atoms with Crippen molar-refractivity contribution in [2.45, 2.75) is 44.9 Å². The van der Waals surface area contributed by atoms with Gasteiger partial charge in [-0.1, -0.05) is 17.7 Å². The Morgan fingerprint density at radius 2 is 2.16 bits per heavy atom. The standard InChI is InChI=1S/C16H23NO2/c1-11-3-6-15(18-2)13(9-11)10-17-14-7-8-19-16(14)12-4-5-12/h3,6,9,12,14,16-17H,4-5,7-8,10H2,1-2H3. The van der Waals surface area contributed by atoms with E-state index in [4.69, 9.17) is 9.47 Å². The average molecular weight is 261 g/mol. The number of rotatable bonds is 5. The zero-order valence-corrected chi connectivity index (χ0v) is 11.8. The molecule has 1 saturated heterocycles. The van der Waals surface area contributed by atoms with Crippen molar-refractivity contribution in [1.82, 2.24) is 5.32 Å². The van der Waals surface area contributed by atoms with Crippen LogP contribution in [0.4, 0.5) is 0 Å². The van der Waals surface area contributed by atoms with Crippen LogP contribution in [0.15, 0.2) is 18.2 Å². The van der Waals surface area contributed by atoms with Crippen LogP contribution < -0.4 is 10.1 Å². The second kappa shape index (κ2) is 5.51. The van der Waals surface area contributed by atoms with Crippen molar-refractivity contribution in [2.24, 2.45) is 5.92 Å². The summed E-state index contributed by atoms with van der Waals surface area (Å²) in [6, 6.07) is 6.86. The van der Waals surface area contributed by atoms with Gasteiger partial charge in [0.2, 0.25) is 0 Å². The molecule has 3 rings (SSSR count). The largest absolute Gasteiger partial charge is 0.496 e. The monoisotopic (exact) mass is 261 g/mol. The number of ether oxygens (including phenoxy) is 2. The van der Waals surface area contributed by atoms with Crippen molar-refractivity contribution >= 4 is 0 Å². The lowest BCUT2D eigenvalue weighted by atomic mass is 10.1. The predicted molar refractivity (Wildman–Crippen MR) is 75.4 cm³/mol. The fourth-order valence-corrected chi connectivity index (χ4v) is 3.01. The minimum absolute atomic E-state index is 0.441. The van der Waals surface area contributed by atoms with E-state index in [0.717, 1.165) is 31.2 Å². The van der Waals surface area contributed by atoms with Gasteiger partial charge in [0.1, 0.15) is 5.75 Å². The van der Waals surface area contributed by atoms with Gasteiger partial charge in [0, 0.05) is 24.8 Å². The van der Waals surface area contributed by atoms with Gasteiger partial charge in [-0.15, -0.1) is 0 Å². The molecule has 19 heavy (non-hydrogen) atoms. The van der Waals surface area contributed by atoms with Gasteiger partial charge in [-0.25, -0.2) is 0 Å². The maximum atomic E-state index is 5.86. The van der Waals surface area contributed by atoms with Crippen molar-refractivity contribution in [3.8, 4) is 5.75 Å². The Morgan fingerprint density at radius 3 is 2.89 bits per heavy atom. The third-order valence-electron chi connectivity index (χ3n) is 4.21. The van der Waals surface area contributed by atoms with Crippen LogP contribution in [-0.2, 0) is 11.3 Å². The highest BCUT2D eigenvalue weighted by atomic mass is 16.5. The van der Waals surface area contributed by atoms with Crippen LogP contribution in [0.1, 0.15) is 30.4 Å². The second-order valence-corrected chi connectivity index (χ2v) is 5.76. The Bertz CT molecular complexity index is 442. The lowest BCUT2D eigenvalue weighted by Gasteiger charge is -2.20. The fourth-order valence-electron chi connectivity index (χ4n) is 3.01. The molecule has 1 saturated carbocycles. The molecule has 2 unspecified atom stereocenters.